The number of likely N-dealkylation sites (tertiary alicyclic amines) is 1. The van der Waals surface area contributed by atoms with Gasteiger partial charge in [-0.15, -0.1) is 11.3 Å². The molecule has 10 rings (SSSR count). The highest BCUT2D eigenvalue weighted by Crippen LogP contribution is 2.90. The van der Waals surface area contributed by atoms with Crippen LogP contribution in [0.5, 0.6) is 5.75 Å². The Morgan fingerprint density at radius 3 is 2.28 bits per heavy atom. The molecule has 6 fully saturated rings. The van der Waals surface area contributed by atoms with Crippen molar-refractivity contribution in [1.29, 1.82) is 0 Å². The zero-order chi connectivity index (χ0) is 46.9. The van der Waals surface area contributed by atoms with E-state index in [1.165, 1.54) is 24.3 Å². The Bertz CT molecular complexity index is 2630. The SMILES string of the molecule is CC(C)OC(=O)[C@H](Cc1ccccc1)NP(=O)(Oc1ccccc1)C(F)(F)c1ccc2sc(C(=O)NC3CC45CC4(C[C@H]4CC[C@@H](C(=O)N6CC(C(=O)N7CCOCC7)C6)N4C3=O)C5)cc2c1. The average Bonchev–Trinajstić information content (AvgIpc) is 3.83. The van der Waals surface area contributed by atoms with E-state index >= 15 is 8.78 Å². The van der Waals surface area contributed by atoms with E-state index in [1.54, 1.807) is 77.1 Å². The normalized spacial score (nSPS) is 27.1. The summed E-state index contributed by atoms with van der Waals surface area (Å²) in [6.45, 7) is 5.92. The summed E-state index contributed by atoms with van der Waals surface area (Å²) in [6.07, 6.45) is 3.71. The van der Waals surface area contributed by atoms with Crippen LogP contribution in [0.4, 0.5) is 8.78 Å². The van der Waals surface area contributed by atoms with Crippen LogP contribution in [0.1, 0.15) is 73.2 Å². The number of amides is 4. The lowest BCUT2D eigenvalue weighted by atomic mass is 9.96. The number of nitrogens with one attached hydrogen (secondary N) is 2. The third-order valence-electron chi connectivity index (χ3n) is 14.6. The number of ether oxygens (including phenoxy) is 2. The summed E-state index contributed by atoms with van der Waals surface area (Å²) in [4.78, 5) is 74.8. The summed E-state index contributed by atoms with van der Waals surface area (Å²) in [6, 6.07) is 18.2. The minimum Gasteiger partial charge on any atom is -0.462 e. The molecule has 354 valence electrons. The Balaban J connectivity index is 0.876. The number of thiophene rings is 1. The minimum atomic E-state index is -5.38. The fourth-order valence-corrected chi connectivity index (χ4v) is 13.7. The molecule has 3 aromatic carbocycles. The van der Waals surface area contributed by atoms with Crippen molar-refractivity contribution in [2.24, 2.45) is 16.7 Å². The first kappa shape index (κ1) is 45.6. The van der Waals surface area contributed by atoms with E-state index in [0.717, 1.165) is 42.7 Å². The first-order valence-corrected chi connectivity index (χ1v) is 25.6. The van der Waals surface area contributed by atoms with Crippen LogP contribution < -0.4 is 14.9 Å². The van der Waals surface area contributed by atoms with Crippen LogP contribution in [0, 0.1) is 16.7 Å². The van der Waals surface area contributed by atoms with Crippen LogP contribution >= 0.6 is 18.9 Å². The van der Waals surface area contributed by atoms with Gasteiger partial charge in [0, 0.05) is 42.5 Å². The zero-order valence-electron chi connectivity index (χ0n) is 37.4. The minimum absolute atomic E-state index is 0.0184. The Morgan fingerprint density at radius 1 is 0.896 bits per heavy atom. The Kier molecular flexibility index (Phi) is 11.8. The largest absolute Gasteiger partial charge is 0.462 e. The highest BCUT2D eigenvalue weighted by atomic mass is 32.1. The molecule has 67 heavy (non-hydrogen) atoms. The predicted molar refractivity (Wildman–Crippen MR) is 244 cm³/mol. The molecule has 4 aliphatic heterocycles. The number of benzene rings is 3. The molecular formula is C49H54F2N5O9PS. The second-order valence-corrected chi connectivity index (χ2v) is 22.6. The molecule has 4 saturated heterocycles. The van der Waals surface area contributed by atoms with Crippen molar-refractivity contribution in [2.45, 2.75) is 94.7 Å². The van der Waals surface area contributed by atoms with E-state index in [9.17, 15) is 28.5 Å². The zero-order valence-corrected chi connectivity index (χ0v) is 39.1. The number of carbonyl (C=O) groups excluding carboxylic acids is 5. The van der Waals surface area contributed by atoms with Gasteiger partial charge in [0.2, 0.25) is 17.7 Å². The van der Waals surface area contributed by atoms with Gasteiger partial charge in [-0.2, -0.15) is 8.78 Å². The van der Waals surface area contributed by atoms with Crippen molar-refractivity contribution in [3.63, 3.8) is 0 Å². The van der Waals surface area contributed by atoms with E-state index in [2.05, 4.69) is 10.4 Å². The molecule has 5 atom stereocenters. The maximum atomic E-state index is 17.1. The number of nitrogens with zero attached hydrogens (tertiary/aromatic N) is 3. The molecule has 2 N–H and O–H groups in total. The summed E-state index contributed by atoms with van der Waals surface area (Å²) in [5.41, 5.74) is -4.18. The quantitative estimate of drug-likeness (QED) is 0.102. The molecule has 0 bridgehead atoms. The van der Waals surface area contributed by atoms with Crippen LogP contribution in [-0.4, -0.2) is 114 Å². The van der Waals surface area contributed by atoms with Crippen molar-refractivity contribution in [2.75, 3.05) is 39.4 Å². The van der Waals surface area contributed by atoms with E-state index in [4.69, 9.17) is 14.0 Å². The van der Waals surface area contributed by atoms with Gasteiger partial charge in [0.05, 0.1) is 30.1 Å². The molecule has 14 nitrogen and oxygen atoms in total. The van der Waals surface area contributed by atoms with Crippen LogP contribution in [0.2, 0.25) is 0 Å². The summed E-state index contributed by atoms with van der Waals surface area (Å²) >= 11 is 1.07. The van der Waals surface area contributed by atoms with Gasteiger partial charge in [0.15, 0.2) is 0 Å². The van der Waals surface area contributed by atoms with Crippen LogP contribution in [0.15, 0.2) is 84.9 Å². The maximum Gasteiger partial charge on any atom is 0.390 e. The molecule has 4 amide bonds. The van der Waals surface area contributed by atoms with Crippen LogP contribution in [0.25, 0.3) is 10.1 Å². The molecule has 18 heteroatoms. The summed E-state index contributed by atoms with van der Waals surface area (Å²) in [7, 11) is -5.38. The maximum absolute atomic E-state index is 17.1. The Morgan fingerprint density at radius 2 is 1.58 bits per heavy atom. The van der Waals surface area contributed by atoms with Gasteiger partial charge < -0.3 is 34.0 Å². The highest BCUT2D eigenvalue weighted by molar-refractivity contribution is 7.58. The second-order valence-electron chi connectivity index (χ2n) is 19.4. The summed E-state index contributed by atoms with van der Waals surface area (Å²) < 4.78 is 66.2. The van der Waals surface area contributed by atoms with Gasteiger partial charge in [-0.05, 0) is 111 Å². The fourth-order valence-electron chi connectivity index (χ4n) is 10.9. The molecule has 5 heterocycles. The number of para-hydroxylation sites is 1. The van der Waals surface area contributed by atoms with Crippen LogP contribution in [0.3, 0.4) is 0 Å². The number of hydrogen-bond donors (Lipinski definition) is 2. The molecule has 2 saturated carbocycles. The third-order valence-corrected chi connectivity index (χ3v) is 17.9. The molecule has 4 aromatic rings. The first-order chi connectivity index (χ1) is 32.1. The molecular weight excluding hydrogens is 904 g/mol. The number of alkyl halides is 2. The van der Waals surface area contributed by atoms with Crippen molar-refractivity contribution >= 4 is 58.5 Å². The van der Waals surface area contributed by atoms with Crippen molar-refractivity contribution in [1.82, 2.24) is 25.1 Å². The molecule has 2 aliphatic carbocycles. The third kappa shape index (κ3) is 8.54. The Hall–Kier alpha value is -5.22. The first-order valence-electron chi connectivity index (χ1n) is 23.1. The molecule has 1 aromatic heterocycles. The van der Waals surface area contributed by atoms with Gasteiger partial charge in [0.1, 0.15) is 23.9 Å². The number of carbonyl (C=O) groups is 5. The van der Waals surface area contributed by atoms with E-state index in [0.29, 0.717) is 68.9 Å². The van der Waals surface area contributed by atoms with E-state index in [-0.39, 0.29) is 62.9 Å². The second kappa shape index (κ2) is 17.4. The monoisotopic (exact) mass is 957 g/mol. The predicted octanol–water partition coefficient (Wildman–Crippen LogP) is 6.72. The number of halogens is 2. The Labute approximate surface area is 391 Å². The smallest absolute Gasteiger partial charge is 0.390 e. The standard InChI is InChI=1S/C49H54F2N5O9PS/c1-30(2)64-46(61)37(21-31-9-5-3-6-10-31)53-66(62,65-36-11-7-4-8-12-36)49(50,51)34-13-16-40-32(22-34)23-41(67-40)42(57)52-38-25-48-28-47(48,29-48)24-35-14-15-39(56(35)44(38)59)45(60)55-26-33(27-55)43(58)54-17-19-63-20-18-54/h3-13,16,22-23,30,33,35,37-39H,14-15,17-21,24-29H2,1-2H3,(H,52,57)(H,53,62)/t35-,37+,38?,39+,47?,48?,66?/m1/s1. The van der Waals surface area contributed by atoms with Crippen LogP contribution in [-0.2, 0) is 45.3 Å². The van der Waals surface area contributed by atoms with Gasteiger partial charge >= 0.3 is 19.2 Å². The highest BCUT2D eigenvalue weighted by Gasteiger charge is 2.83. The van der Waals surface area contributed by atoms with Gasteiger partial charge in [-0.1, -0.05) is 54.6 Å². The molecule has 0 radical (unpaired) electrons. The number of fused-ring (bicyclic) bond motifs is 2. The lowest BCUT2D eigenvalue weighted by molar-refractivity contribution is -0.157. The van der Waals surface area contributed by atoms with Crippen molar-refractivity contribution in [3.05, 3.63) is 101 Å². The topological polar surface area (TPSA) is 164 Å². The number of morpholine rings is 1. The van der Waals surface area contributed by atoms with Gasteiger partial charge in [-0.3, -0.25) is 28.5 Å². The molecule has 6 aliphatic rings. The lowest BCUT2D eigenvalue weighted by Gasteiger charge is -2.44. The van der Waals surface area contributed by atoms with Crippen molar-refractivity contribution < 1.29 is 51.3 Å². The van der Waals surface area contributed by atoms with E-state index in [1.807, 2.05) is 0 Å². The number of hydrogen-bond acceptors (Lipinski definition) is 10. The number of esters is 1. The summed E-state index contributed by atoms with van der Waals surface area (Å²) in [5, 5.41) is 5.71. The van der Waals surface area contributed by atoms with Gasteiger partial charge in [-0.25, -0.2) is 5.09 Å². The van der Waals surface area contributed by atoms with Gasteiger partial charge in [0.25, 0.3) is 5.91 Å². The summed E-state index contributed by atoms with van der Waals surface area (Å²) in [5.74, 6) is -2.26. The fraction of sp³-hybridized carbons (Fsp3) is 0.490. The average molecular weight is 958 g/mol. The lowest BCUT2D eigenvalue weighted by Crippen LogP contribution is -2.62. The van der Waals surface area contributed by atoms with E-state index < -0.39 is 54.9 Å². The molecule has 2 unspecified atom stereocenters. The molecule has 0 spiro atoms. The van der Waals surface area contributed by atoms with Crippen molar-refractivity contribution in [3.8, 4) is 5.75 Å². The number of rotatable bonds is 14.